The van der Waals surface area contributed by atoms with Gasteiger partial charge in [-0.2, -0.15) is 0 Å². The number of rotatable bonds is 1. The van der Waals surface area contributed by atoms with E-state index in [1.165, 1.54) is 0 Å². The van der Waals surface area contributed by atoms with E-state index in [2.05, 4.69) is 20.8 Å². The molecule has 0 spiro atoms. The van der Waals surface area contributed by atoms with Crippen LogP contribution in [0.2, 0.25) is 0 Å². The summed E-state index contributed by atoms with van der Waals surface area (Å²) in [4.78, 5) is 12.4. The summed E-state index contributed by atoms with van der Waals surface area (Å²) in [5.74, 6) is 0.0419. The van der Waals surface area contributed by atoms with Crippen molar-refractivity contribution in [2.24, 2.45) is 22.7 Å². The first kappa shape index (κ1) is 13.8. The van der Waals surface area contributed by atoms with Gasteiger partial charge in [-0.3, -0.25) is 4.79 Å². The van der Waals surface area contributed by atoms with E-state index in [-0.39, 0.29) is 41.2 Å². The molecule has 3 heteroatoms. The number of hydrogen-bond donors (Lipinski definition) is 2. The Kier molecular flexibility index (Phi) is 3.19. The zero-order valence-electron chi connectivity index (χ0n) is 11.7. The van der Waals surface area contributed by atoms with Crippen LogP contribution in [0.15, 0.2) is 11.6 Å². The summed E-state index contributed by atoms with van der Waals surface area (Å²) in [5.41, 5.74) is 0.408. The second kappa shape index (κ2) is 4.17. The first-order valence-electron chi connectivity index (χ1n) is 6.73. The van der Waals surface area contributed by atoms with Crippen molar-refractivity contribution in [3.63, 3.8) is 0 Å². The van der Waals surface area contributed by atoms with E-state index in [9.17, 15) is 15.0 Å². The second-order valence-electron chi connectivity index (χ2n) is 7.02. The minimum atomic E-state index is -0.381. The third-order valence-corrected chi connectivity index (χ3v) is 5.06. The molecule has 0 unspecified atom stereocenters. The van der Waals surface area contributed by atoms with Crippen molar-refractivity contribution in [2.45, 2.75) is 46.6 Å². The number of aliphatic hydroxyl groups is 2. The van der Waals surface area contributed by atoms with Gasteiger partial charge in [-0.1, -0.05) is 26.3 Å². The molecule has 4 atom stereocenters. The molecule has 0 amide bonds. The quantitative estimate of drug-likeness (QED) is 0.749. The van der Waals surface area contributed by atoms with Gasteiger partial charge in [0.15, 0.2) is 5.78 Å². The summed E-state index contributed by atoms with van der Waals surface area (Å²) in [5, 5.41) is 19.8. The normalized spacial score (nSPS) is 43.3. The third-order valence-electron chi connectivity index (χ3n) is 5.06. The molecule has 0 heterocycles. The second-order valence-corrected chi connectivity index (χ2v) is 7.02. The van der Waals surface area contributed by atoms with Gasteiger partial charge >= 0.3 is 0 Å². The molecule has 2 aliphatic rings. The van der Waals surface area contributed by atoms with Crippen LogP contribution in [-0.2, 0) is 4.79 Å². The van der Waals surface area contributed by atoms with Crippen LogP contribution in [0.25, 0.3) is 0 Å². The van der Waals surface area contributed by atoms with Crippen LogP contribution in [-0.4, -0.2) is 28.7 Å². The van der Waals surface area contributed by atoms with Crippen molar-refractivity contribution >= 4 is 5.78 Å². The van der Waals surface area contributed by atoms with Crippen molar-refractivity contribution in [1.82, 2.24) is 0 Å². The Balaban J connectivity index is 2.54. The predicted octanol–water partition coefficient (Wildman–Crippen LogP) is 1.93. The van der Waals surface area contributed by atoms with Gasteiger partial charge in [-0.25, -0.2) is 0 Å². The number of aliphatic hydroxyl groups excluding tert-OH is 2. The highest BCUT2D eigenvalue weighted by Gasteiger charge is 2.57. The lowest BCUT2D eigenvalue weighted by Crippen LogP contribution is -2.56. The smallest absolute Gasteiger partial charge is 0.159 e. The Labute approximate surface area is 109 Å². The van der Waals surface area contributed by atoms with E-state index < -0.39 is 0 Å². The molecular formula is C15H24O3. The summed E-state index contributed by atoms with van der Waals surface area (Å²) >= 11 is 0. The van der Waals surface area contributed by atoms with Crippen LogP contribution in [0.4, 0.5) is 0 Å². The average molecular weight is 252 g/mol. The van der Waals surface area contributed by atoms with E-state index in [1.807, 2.05) is 6.92 Å². The van der Waals surface area contributed by atoms with Crippen LogP contribution >= 0.6 is 0 Å². The highest BCUT2D eigenvalue weighted by atomic mass is 16.3. The molecule has 102 valence electrons. The highest BCUT2D eigenvalue weighted by molar-refractivity contribution is 5.95. The Morgan fingerprint density at radius 1 is 1.33 bits per heavy atom. The maximum atomic E-state index is 12.4. The minimum Gasteiger partial charge on any atom is -0.396 e. The highest BCUT2D eigenvalue weighted by Crippen LogP contribution is 2.58. The molecule has 0 bridgehead atoms. The molecule has 2 aliphatic carbocycles. The zero-order chi connectivity index (χ0) is 13.7. The minimum absolute atomic E-state index is 0.0191. The van der Waals surface area contributed by atoms with E-state index >= 15 is 0 Å². The number of carbonyl (C=O) groups is 1. The van der Waals surface area contributed by atoms with Gasteiger partial charge in [0, 0.05) is 11.8 Å². The van der Waals surface area contributed by atoms with Crippen LogP contribution in [0.3, 0.4) is 0 Å². The van der Waals surface area contributed by atoms with E-state index in [0.29, 0.717) is 12.8 Å². The van der Waals surface area contributed by atoms with Gasteiger partial charge in [0.2, 0.25) is 0 Å². The standard InChI is InChI=1S/C15H24O3/c1-9-5-12(18)13-14(2,3)6-10(17)7-15(13,4)11(9)8-16/h5,10-11,13,16-17H,6-8H2,1-4H3/t10-,11-,13-,15+/m0/s1. The lowest BCUT2D eigenvalue weighted by molar-refractivity contribution is -0.146. The molecular weight excluding hydrogens is 228 g/mol. The summed E-state index contributed by atoms with van der Waals surface area (Å²) < 4.78 is 0. The third kappa shape index (κ3) is 1.84. The molecule has 18 heavy (non-hydrogen) atoms. The topological polar surface area (TPSA) is 57.5 Å². The largest absolute Gasteiger partial charge is 0.396 e. The van der Waals surface area contributed by atoms with Gasteiger partial charge in [0.05, 0.1) is 12.7 Å². The van der Waals surface area contributed by atoms with Crippen LogP contribution < -0.4 is 0 Å². The molecule has 1 saturated carbocycles. The van der Waals surface area contributed by atoms with Gasteiger partial charge in [-0.05, 0) is 36.7 Å². The molecule has 3 nitrogen and oxygen atoms in total. The van der Waals surface area contributed by atoms with Crippen molar-refractivity contribution < 1.29 is 15.0 Å². The monoisotopic (exact) mass is 252 g/mol. The maximum absolute atomic E-state index is 12.4. The van der Waals surface area contributed by atoms with Gasteiger partial charge in [0.1, 0.15) is 0 Å². The Morgan fingerprint density at radius 3 is 2.50 bits per heavy atom. The van der Waals surface area contributed by atoms with E-state index in [0.717, 1.165) is 5.57 Å². The molecule has 0 radical (unpaired) electrons. The van der Waals surface area contributed by atoms with Crippen LogP contribution in [0.5, 0.6) is 0 Å². The first-order chi connectivity index (χ1) is 8.22. The number of ketones is 1. The van der Waals surface area contributed by atoms with Gasteiger partial charge in [-0.15, -0.1) is 0 Å². The summed E-state index contributed by atoms with van der Waals surface area (Å²) in [6.45, 7) is 8.12. The summed E-state index contributed by atoms with van der Waals surface area (Å²) in [6.07, 6.45) is 2.58. The van der Waals surface area contributed by atoms with Crippen molar-refractivity contribution in [2.75, 3.05) is 6.61 Å². The zero-order valence-corrected chi connectivity index (χ0v) is 11.7. The molecule has 0 aromatic carbocycles. The first-order valence-corrected chi connectivity index (χ1v) is 6.73. The Bertz CT molecular complexity index is 397. The average Bonchev–Trinajstić information content (AvgIpc) is 2.12. The van der Waals surface area contributed by atoms with Gasteiger partial charge in [0.25, 0.3) is 0 Å². The molecule has 1 fully saturated rings. The fourth-order valence-corrected chi connectivity index (χ4v) is 4.65. The fraction of sp³-hybridized carbons (Fsp3) is 0.800. The molecule has 0 aliphatic heterocycles. The number of hydrogen-bond acceptors (Lipinski definition) is 3. The molecule has 0 aromatic heterocycles. The molecule has 0 saturated heterocycles. The van der Waals surface area contributed by atoms with Crippen molar-refractivity contribution in [3.05, 3.63) is 11.6 Å². The molecule has 2 N–H and O–H groups in total. The summed E-state index contributed by atoms with van der Waals surface area (Å²) in [6, 6.07) is 0. The van der Waals surface area contributed by atoms with Crippen LogP contribution in [0, 0.1) is 22.7 Å². The number of allylic oxidation sites excluding steroid dienone is 1. The SMILES string of the molecule is CC1=CC(=O)[C@H]2C(C)(C)C[C@H](O)C[C@]2(C)[C@H]1CO. The Morgan fingerprint density at radius 2 is 1.94 bits per heavy atom. The predicted molar refractivity (Wildman–Crippen MR) is 70.0 cm³/mol. The number of fused-ring (bicyclic) bond motifs is 1. The molecule has 2 rings (SSSR count). The lowest BCUT2D eigenvalue weighted by atomic mass is 9.48. The Hall–Kier alpha value is -0.670. The van der Waals surface area contributed by atoms with Gasteiger partial charge < -0.3 is 10.2 Å². The maximum Gasteiger partial charge on any atom is 0.159 e. The van der Waals surface area contributed by atoms with E-state index in [1.54, 1.807) is 6.08 Å². The summed E-state index contributed by atoms with van der Waals surface area (Å²) in [7, 11) is 0. The van der Waals surface area contributed by atoms with Crippen molar-refractivity contribution in [1.29, 1.82) is 0 Å². The lowest BCUT2D eigenvalue weighted by Gasteiger charge is -2.56. The van der Waals surface area contributed by atoms with E-state index in [4.69, 9.17) is 0 Å². The van der Waals surface area contributed by atoms with Crippen molar-refractivity contribution in [3.8, 4) is 0 Å². The fourth-order valence-electron chi connectivity index (χ4n) is 4.65. The molecule has 0 aromatic rings. The van der Waals surface area contributed by atoms with Crippen LogP contribution in [0.1, 0.15) is 40.5 Å². The number of carbonyl (C=O) groups excluding carboxylic acids is 1.